The summed E-state index contributed by atoms with van der Waals surface area (Å²) in [5.41, 5.74) is 0. The van der Waals surface area contributed by atoms with Gasteiger partial charge in [-0.15, -0.1) is 0 Å². The molecular formula is C10H17O3. The van der Waals surface area contributed by atoms with Gasteiger partial charge in [0.25, 0.3) is 0 Å². The summed E-state index contributed by atoms with van der Waals surface area (Å²) in [5, 5.41) is 0. The van der Waals surface area contributed by atoms with E-state index in [1.807, 2.05) is 0 Å². The number of carbonyl (C=O) groups is 1. The molecule has 1 atom stereocenters. The van der Waals surface area contributed by atoms with Crippen molar-refractivity contribution >= 4 is 6.16 Å². The van der Waals surface area contributed by atoms with Crippen LogP contribution in [0.1, 0.15) is 39.0 Å². The minimum absolute atomic E-state index is 0.0694. The lowest BCUT2D eigenvalue weighted by Gasteiger charge is -2.21. The van der Waals surface area contributed by atoms with Crippen LogP contribution in [0.15, 0.2) is 0 Å². The molecule has 1 aliphatic rings. The highest BCUT2D eigenvalue weighted by atomic mass is 16.7. The third kappa shape index (κ3) is 4.15. The van der Waals surface area contributed by atoms with Crippen LogP contribution in [0.25, 0.3) is 0 Å². The first-order valence-corrected chi connectivity index (χ1v) is 4.89. The van der Waals surface area contributed by atoms with E-state index < -0.39 is 6.16 Å². The lowest BCUT2D eigenvalue weighted by molar-refractivity contribution is 0.00150. The van der Waals surface area contributed by atoms with E-state index in [0.717, 1.165) is 25.7 Å². The van der Waals surface area contributed by atoms with Gasteiger partial charge in [0.05, 0.1) is 0 Å². The van der Waals surface area contributed by atoms with Crippen LogP contribution in [0.5, 0.6) is 0 Å². The molecule has 1 radical (unpaired) electrons. The van der Waals surface area contributed by atoms with Gasteiger partial charge in [0, 0.05) is 0 Å². The number of hydrogen-bond donors (Lipinski definition) is 0. The van der Waals surface area contributed by atoms with Gasteiger partial charge in [0.15, 0.2) is 0 Å². The van der Waals surface area contributed by atoms with E-state index in [1.54, 1.807) is 6.92 Å². The molecule has 1 unspecified atom stereocenters. The van der Waals surface area contributed by atoms with Gasteiger partial charge in [-0.05, 0) is 39.5 Å². The van der Waals surface area contributed by atoms with Crippen molar-refractivity contribution in [2.24, 2.45) is 0 Å². The zero-order chi connectivity index (χ0) is 9.68. The topological polar surface area (TPSA) is 35.5 Å². The third-order valence-electron chi connectivity index (χ3n) is 2.11. The Morgan fingerprint density at radius 2 is 2.00 bits per heavy atom. The number of ether oxygens (including phenoxy) is 2. The summed E-state index contributed by atoms with van der Waals surface area (Å²) < 4.78 is 9.88. The Morgan fingerprint density at radius 3 is 2.54 bits per heavy atom. The van der Waals surface area contributed by atoms with Crippen LogP contribution in [-0.2, 0) is 9.47 Å². The molecule has 0 saturated heterocycles. The van der Waals surface area contributed by atoms with Gasteiger partial charge in [-0.1, -0.05) is 6.42 Å². The SMILES string of the molecule is [CH2]C(C)OC(=O)OC1CCCCC1. The van der Waals surface area contributed by atoms with Crippen molar-refractivity contribution in [1.29, 1.82) is 0 Å². The largest absolute Gasteiger partial charge is 0.508 e. The zero-order valence-electron chi connectivity index (χ0n) is 8.12. The molecule has 13 heavy (non-hydrogen) atoms. The predicted octanol–water partition coefficient (Wildman–Crippen LogP) is 2.69. The minimum atomic E-state index is -0.575. The molecule has 3 nitrogen and oxygen atoms in total. The highest BCUT2D eigenvalue weighted by Crippen LogP contribution is 2.20. The van der Waals surface area contributed by atoms with E-state index in [0.29, 0.717) is 0 Å². The molecule has 0 bridgehead atoms. The van der Waals surface area contributed by atoms with Gasteiger partial charge >= 0.3 is 6.16 Å². The molecule has 0 aromatic carbocycles. The molecule has 1 rings (SSSR count). The maximum absolute atomic E-state index is 11.0. The fourth-order valence-electron chi connectivity index (χ4n) is 1.51. The normalized spacial score (nSPS) is 18.7. The standard InChI is InChI=1S/C10H17O3/c1-8(2)12-10(11)13-9-6-4-3-5-7-9/h8-9H,1,3-7H2,2H3. The zero-order valence-corrected chi connectivity index (χ0v) is 8.12. The third-order valence-corrected chi connectivity index (χ3v) is 2.11. The first-order valence-electron chi connectivity index (χ1n) is 4.89. The van der Waals surface area contributed by atoms with Gasteiger partial charge in [0.1, 0.15) is 12.2 Å². The average Bonchev–Trinajstić information content (AvgIpc) is 2.04. The Kier molecular flexibility index (Phi) is 4.06. The molecule has 1 saturated carbocycles. The van der Waals surface area contributed by atoms with Gasteiger partial charge in [-0.2, -0.15) is 0 Å². The average molecular weight is 185 g/mol. The monoisotopic (exact) mass is 185 g/mol. The highest BCUT2D eigenvalue weighted by Gasteiger charge is 2.18. The Bertz CT molecular complexity index is 160. The summed E-state index contributed by atoms with van der Waals surface area (Å²) in [6.45, 7) is 5.26. The molecule has 0 N–H and O–H groups in total. The minimum Gasteiger partial charge on any atom is -0.431 e. The molecule has 1 fully saturated rings. The second-order valence-electron chi connectivity index (χ2n) is 3.56. The molecule has 75 valence electrons. The fourth-order valence-corrected chi connectivity index (χ4v) is 1.51. The van der Waals surface area contributed by atoms with E-state index in [1.165, 1.54) is 6.42 Å². The van der Waals surface area contributed by atoms with Gasteiger partial charge in [-0.3, -0.25) is 0 Å². The Balaban J connectivity index is 2.18. The number of hydrogen-bond acceptors (Lipinski definition) is 3. The first-order chi connectivity index (χ1) is 6.18. The van der Waals surface area contributed by atoms with E-state index in [2.05, 4.69) is 6.92 Å². The van der Waals surface area contributed by atoms with Crippen molar-refractivity contribution in [3.8, 4) is 0 Å². The predicted molar refractivity (Wildman–Crippen MR) is 49.3 cm³/mol. The number of carbonyl (C=O) groups excluding carboxylic acids is 1. The maximum Gasteiger partial charge on any atom is 0.508 e. The van der Waals surface area contributed by atoms with E-state index in [-0.39, 0.29) is 12.2 Å². The summed E-state index contributed by atoms with van der Waals surface area (Å²) >= 11 is 0. The summed E-state index contributed by atoms with van der Waals surface area (Å²) in [4.78, 5) is 11.0. The van der Waals surface area contributed by atoms with Crippen molar-refractivity contribution in [3.63, 3.8) is 0 Å². The molecule has 0 amide bonds. The summed E-state index contributed by atoms with van der Waals surface area (Å²) in [5.74, 6) is 0. The molecule has 0 spiro atoms. The van der Waals surface area contributed by atoms with Crippen molar-refractivity contribution < 1.29 is 14.3 Å². The molecule has 1 aliphatic carbocycles. The van der Waals surface area contributed by atoms with Crippen molar-refractivity contribution in [3.05, 3.63) is 6.92 Å². The van der Waals surface area contributed by atoms with Crippen LogP contribution < -0.4 is 0 Å². The quantitative estimate of drug-likeness (QED) is 0.620. The smallest absolute Gasteiger partial charge is 0.431 e. The van der Waals surface area contributed by atoms with Crippen molar-refractivity contribution in [2.45, 2.75) is 51.2 Å². The second kappa shape index (κ2) is 5.10. The maximum atomic E-state index is 11.0. The molecular weight excluding hydrogens is 168 g/mol. The van der Waals surface area contributed by atoms with Crippen LogP contribution in [0.4, 0.5) is 4.79 Å². The van der Waals surface area contributed by atoms with Crippen LogP contribution >= 0.6 is 0 Å². The summed E-state index contributed by atoms with van der Waals surface area (Å²) in [6.07, 6.45) is 4.66. The number of rotatable bonds is 2. The van der Waals surface area contributed by atoms with Gasteiger partial charge in [0.2, 0.25) is 0 Å². The van der Waals surface area contributed by atoms with E-state index in [9.17, 15) is 4.79 Å². The van der Waals surface area contributed by atoms with Crippen LogP contribution in [-0.4, -0.2) is 18.4 Å². The summed E-state index contributed by atoms with van der Waals surface area (Å²) in [6, 6.07) is 0. The van der Waals surface area contributed by atoms with Crippen LogP contribution in [0.2, 0.25) is 0 Å². The van der Waals surface area contributed by atoms with E-state index >= 15 is 0 Å². The molecule has 0 heterocycles. The van der Waals surface area contributed by atoms with Crippen LogP contribution in [0, 0.1) is 6.92 Å². The van der Waals surface area contributed by atoms with E-state index in [4.69, 9.17) is 9.47 Å². The van der Waals surface area contributed by atoms with Gasteiger partial charge < -0.3 is 9.47 Å². The Labute approximate surface area is 79.4 Å². The Morgan fingerprint density at radius 1 is 1.38 bits per heavy atom. The highest BCUT2D eigenvalue weighted by molar-refractivity contribution is 5.60. The molecule has 0 aliphatic heterocycles. The molecule has 3 heteroatoms. The fraction of sp³-hybridized carbons (Fsp3) is 0.800. The van der Waals surface area contributed by atoms with Crippen LogP contribution in [0.3, 0.4) is 0 Å². The Hall–Kier alpha value is -0.730. The van der Waals surface area contributed by atoms with Gasteiger partial charge in [-0.25, -0.2) is 4.79 Å². The molecule has 0 aromatic heterocycles. The second-order valence-corrected chi connectivity index (χ2v) is 3.56. The first kappa shape index (κ1) is 10.4. The molecule has 0 aromatic rings. The lowest BCUT2D eigenvalue weighted by atomic mass is 9.98. The van der Waals surface area contributed by atoms with Crippen molar-refractivity contribution in [1.82, 2.24) is 0 Å². The lowest BCUT2D eigenvalue weighted by Crippen LogP contribution is -2.23. The summed E-state index contributed by atoms with van der Waals surface area (Å²) in [7, 11) is 0. The van der Waals surface area contributed by atoms with Crippen molar-refractivity contribution in [2.75, 3.05) is 0 Å².